The second kappa shape index (κ2) is 31.0. The Morgan fingerprint density at radius 3 is 1.80 bits per heavy atom. The van der Waals surface area contributed by atoms with Gasteiger partial charge in [0.2, 0.25) is 59.1 Å². The number of likely N-dealkylation sites (N-methyl/N-ethyl adjacent to an activating group) is 1. The number of phenolic OH excluding ortho intramolecular Hbond substituents is 1. The number of aliphatic imine (C=N–C) groups is 1. The predicted octanol–water partition coefficient (Wildman–Crippen LogP) is -2.31. The minimum Gasteiger partial charge on any atom is -0.508 e. The molecule has 0 saturated carbocycles. The van der Waals surface area contributed by atoms with Crippen molar-refractivity contribution >= 4 is 65.0 Å². The van der Waals surface area contributed by atoms with Gasteiger partial charge in [0, 0.05) is 32.5 Å². The molecule has 0 aromatic heterocycles. The number of phenols is 1. The first-order valence-electron chi connectivity index (χ1n) is 25.9. The van der Waals surface area contributed by atoms with E-state index < -0.39 is 108 Å². The second-order valence-electron chi connectivity index (χ2n) is 19.9. The first-order valence-corrected chi connectivity index (χ1v) is 25.9. The fourth-order valence-corrected chi connectivity index (χ4v) is 8.64. The summed E-state index contributed by atoms with van der Waals surface area (Å²) in [5.41, 5.74) is 11.4. The molecule has 75 heavy (non-hydrogen) atoms. The first-order chi connectivity index (χ1) is 35.5. The molecule has 2 fully saturated rings. The van der Waals surface area contributed by atoms with Gasteiger partial charge >= 0.3 is 0 Å². The second-order valence-corrected chi connectivity index (χ2v) is 19.9. The van der Waals surface area contributed by atoms with Crippen molar-refractivity contribution in [2.75, 3.05) is 26.2 Å². The summed E-state index contributed by atoms with van der Waals surface area (Å²) in [5.74, 6) is -6.97. The van der Waals surface area contributed by atoms with Crippen molar-refractivity contribution in [3.05, 3.63) is 29.8 Å². The summed E-state index contributed by atoms with van der Waals surface area (Å²) in [5, 5.41) is 43.9. The molecule has 2 heterocycles. The number of nitrogens with one attached hydrogen (secondary N) is 9. The average Bonchev–Trinajstić information content (AvgIpc) is 4.03. The molecule has 1 aromatic rings. The molecule has 0 bridgehead atoms. The van der Waals surface area contributed by atoms with Gasteiger partial charge in [0.15, 0.2) is 5.96 Å². The smallest absolute Gasteiger partial charge is 0.245 e. The first kappa shape index (κ1) is 62.2. The number of rotatable bonds is 30. The number of guanidine groups is 1. The molecule has 1 aromatic carbocycles. The molecule has 418 valence electrons. The Hall–Kier alpha value is -7.05. The standard InChI is InChI=1S/C50H81N13O12/c1-8-12-32(57-45(71)36(24-28(5)6)60-43(69)33-19-20-40(66)56-33)42(68)62-38(26-64)47(73)61-37(25-30-15-17-31(65)18-16-30)44(70)55-29(7)41(67)59-35(23-27(3)4)46(72)58-34(13-10-21-54-50(51)52)49(75)63-22-11-14-39(63)48(74)53-9-2/h15-18,27-29,32-39,64-65H,8-14,19-26H2,1-7H3,(H,53,74)(H,55,70)(H,56,66)(H,57,71)(H,58,72)(H,59,67)(H,60,69)(H,61,73)(H,62,68)(H4,51,52,54)/t29-,32+,33+,34+,35+,36+,37+,38+,39+/m1/s1. The van der Waals surface area contributed by atoms with Gasteiger partial charge in [-0.1, -0.05) is 53.2 Å². The van der Waals surface area contributed by atoms with Crippen molar-refractivity contribution in [3.63, 3.8) is 0 Å². The van der Waals surface area contributed by atoms with Crippen molar-refractivity contribution < 1.29 is 58.2 Å². The molecule has 3 rings (SSSR count). The average molecular weight is 1060 g/mol. The number of likely N-dealkylation sites (tertiary alicyclic amines) is 1. The minimum atomic E-state index is -1.65. The van der Waals surface area contributed by atoms with Gasteiger partial charge in [0.25, 0.3) is 0 Å². The molecule has 15 N–H and O–H groups in total. The van der Waals surface area contributed by atoms with E-state index in [-0.39, 0.29) is 93.3 Å². The van der Waals surface area contributed by atoms with Crippen molar-refractivity contribution in [2.45, 2.75) is 173 Å². The number of amides is 10. The number of nitrogens with zero attached hydrogens (tertiary/aromatic N) is 2. The zero-order valence-electron chi connectivity index (χ0n) is 44.3. The molecule has 0 radical (unpaired) electrons. The van der Waals surface area contributed by atoms with Crippen LogP contribution in [0.4, 0.5) is 0 Å². The molecule has 2 saturated heterocycles. The van der Waals surface area contributed by atoms with Crippen LogP contribution in [0.2, 0.25) is 0 Å². The summed E-state index contributed by atoms with van der Waals surface area (Å²) < 4.78 is 0. The monoisotopic (exact) mass is 1060 g/mol. The number of carbonyl (C=O) groups is 10. The van der Waals surface area contributed by atoms with E-state index in [0.29, 0.717) is 37.9 Å². The van der Waals surface area contributed by atoms with E-state index in [2.05, 4.69) is 52.8 Å². The number of nitrogens with two attached hydrogens (primary N) is 2. The summed E-state index contributed by atoms with van der Waals surface area (Å²) in [6, 6.07) is -4.87. The van der Waals surface area contributed by atoms with Gasteiger partial charge in [0.05, 0.1) is 6.61 Å². The summed E-state index contributed by atoms with van der Waals surface area (Å²) in [4.78, 5) is 140. The highest BCUT2D eigenvalue weighted by Gasteiger charge is 2.39. The maximum atomic E-state index is 14.1. The molecule has 25 heteroatoms. The van der Waals surface area contributed by atoms with Gasteiger partial charge < -0.3 is 74.4 Å². The molecule has 2 aliphatic rings. The van der Waals surface area contributed by atoms with Crippen LogP contribution >= 0.6 is 0 Å². The predicted molar refractivity (Wildman–Crippen MR) is 276 cm³/mol. The lowest BCUT2D eigenvalue weighted by atomic mass is 10.0. The number of benzene rings is 1. The quantitative estimate of drug-likeness (QED) is 0.0219. The SMILES string of the molecule is CCC[C@H](NC(=O)[C@H](CC(C)C)NC(=O)[C@@H]1CCC(=O)N1)C(=O)N[C@@H](CO)C(=O)N[C@@H](Cc1ccc(O)cc1)C(=O)N[C@H](C)C(=O)N[C@@H](CC(C)C)C(=O)N[C@@H](CCCN=C(N)N)C(=O)N1CCC[C@H]1C(=O)NCC. The highest BCUT2D eigenvalue weighted by Crippen LogP contribution is 2.21. The lowest BCUT2D eigenvalue weighted by Gasteiger charge is -2.30. The number of hydrogen-bond acceptors (Lipinski definition) is 13. The van der Waals surface area contributed by atoms with Gasteiger partial charge in [-0.25, -0.2) is 0 Å². The third-order valence-electron chi connectivity index (χ3n) is 12.5. The zero-order valence-corrected chi connectivity index (χ0v) is 44.3. The van der Waals surface area contributed by atoms with Crippen LogP contribution in [-0.4, -0.2) is 161 Å². The van der Waals surface area contributed by atoms with E-state index >= 15 is 0 Å². The number of carbonyl (C=O) groups excluding carboxylic acids is 10. The molecule has 10 amide bonds. The highest BCUT2D eigenvalue weighted by atomic mass is 16.3. The summed E-state index contributed by atoms with van der Waals surface area (Å²) in [6.07, 6.45) is 2.44. The lowest BCUT2D eigenvalue weighted by Crippen LogP contribution is -2.61. The van der Waals surface area contributed by atoms with Crippen LogP contribution in [0, 0.1) is 11.8 Å². The van der Waals surface area contributed by atoms with Crippen molar-refractivity contribution in [1.82, 2.24) is 52.8 Å². The molecular formula is C50H81N13O12. The van der Waals surface area contributed by atoms with Crippen LogP contribution in [-0.2, 0) is 54.4 Å². The van der Waals surface area contributed by atoms with Gasteiger partial charge in [-0.15, -0.1) is 0 Å². The van der Waals surface area contributed by atoms with Gasteiger partial charge in [0.1, 0.15) is 60.1 Å². The van der Waals surface area contributed by atoms with Crippen molar-refractivity contribution in [2.24, 2.45) is 28.3 Å². The highest BCUT2D eigenvalue weighted by molar-refractivity contribution is 5.99. The Bertz CT molecular complexity index is 2170. The largest absolute Gasteiger partial charge is 0.508 e. The molecule has 0 spiro atoms. The van der Waals surface area contributed by atoms with E-state index in [4.69, 9.17) is 11.5 Å². The minimum absolute atomic E-state index is 0.0642. The van der Waals surface area contributed by atoms with Crippen LogP contribution in [0.15, 0.2) is 29.3 Å². The number of aliphatic hydroxyl groups excluding tert-OH is 1. The Labute approximate surface area is 438 Å². The normalized spacial score (nSPS) is 17.9. The van der Waals surface area contributed by atoms with Crippen LogP contribution < -0.4 is 59.3 Å². The van der Waals surface area contributed by atoms with E-state index in [0.717, 1.165) is 0 Å². The third kappa shape index (κ3) is 20.6. The molecule has 2 aliphatic heterocycles. The Kier molecular flexibility index (Phi) is 25.7. The third-order valence-corrected chi connectivity index (χ3v) is 12.5. The van der Waals surface area contributed by atoms with Crippen LogP contribution in [0.1, 0.15) is 118 Å². The lowest BCUT2D eigenvalue weighted by molar-refractivity contribution is -0.142. The summed E-state index contributed by atoms with van der Waals surface area (Å²) in [6.45, 7) is 12.1. The van der Waals surface area contributed by atoms with Gasteiger partial charge in [-0.2, -0.15) is 0 Å². The fourth-order valence-electron chi connectivity index (χ4n) is 8.64. The van der Waals surface area contributed by atoms with Crippen molar-refractivity contribution in [1.29, 1.82) is 0 Å². The van der Waals surface area contributed by atoms with E-state index in [1.54, 1.807) is 13.8 Å². The number of aliphatic hydroxyl groups is 1. The zero-order chi connectivity index (χ0) is 55.9. The molecule has 25 nitrogen and oxygen atoms in total. The van der Waals surface area contributed by atoms with E-state index in [1.807, 2.05) is 27.7 Å². The Balaban J connectivity index is 1.79. The molecular weight excluding hydrogens is 975 g/mol. The van der Waals surface area contributed by atoms with Gasteiger partial charge in [-0.3, -0.25) is 52.9 Å². The van der Waals surface area contributed by atoms with E-state index in [9.17, 15) is 58.2 Å². The van der Waals surface area contributed by atoms with Gasteiger partial charge in [-0.05, 0) is 94.7 Å². The van der Waals surface area contributed by atoms with Crippen molar-refractivity contribution in [3.8, 4) is 5.75 Å². The van der Waals surface area contributed by atoms with Crippen LogP contribution in [0.5, 0.6) is 5.75 Å². The Morgan fingerprint density at radius 1 is 0.693 bits per heavy atom. The maximum Gasteiger partial charge on any atom is 0.245 e. The number of aromatic hydroxyl groups is 1. The number of hydrogen-bond donors (Lipinski definition) is 13. The summed E-state index contributed by atoms with van der Waals surface area (Å²) in [7, 11) is 0. The topological polar surface area (TPSA) is 387 Å². The van der Waals surface area contributed by atoms with E-state index in [1.165, 1.54) is 36.1 Å². The van der Waals surface area contributed by atoms with Crippen LogP contribution in [0.3, 0.4) is 0 Å². The molecule has 9 atom stereocenters. The fraction of sp³-hybridized carbons (Fsp3) is 0.660. The summed E-state index contributed by atoms with van der Waals surface area (Å²) >= 11 is 0. The maximum absolute atomic E-state index is 14.1. The molecule has 0 aliphatic carbocycles. The van der Waals surface area contributed by atoms with Crippen LogP contribution in [0.25, 0.3) is 0 Å². The molecule has 0 unspecified atom stereocenters. The Morgan fingerprint density at radius 2 is 1.24 bits per heavy atom.